The van der Waals surface area contributed by atoms with E-state index in [-0.39, 0.29) is 23.7 Å². The summed E-state index contributed by atoms with van der Waals surface area (Å²) in [6.45, 7) is 1.16. The molecule has 2 aromatic carbocycles. The van der Waals surface area contributed by atoms with E-state index in [2.05, 4.69) is 4.98 Å². The van der Waals surface area contributed by atoms with E-state index in [1.807, 2.05) is 30.3 Å². The largest absolute Gasteiger partial charge is 0.508 e. The maximum atomic E-state index is 10.8. The average molecular weight is 367 g/mol. The highest BCUT2D eigenvalue weighted by Crippen LogP contribution is 2.25. The van der Waals surface area contributed by atoms with E-state index in [9.17, 15) is 15.2 Å². The van der Waals surface area contributed by atoms with Crippen molar-refractivity contribution in [2.75, 3.05) is 6.61 Å². The van der Waals surface area contributed by atoms with Crippen molar-refractivity contribution in [3.05, 3.63) is 70.4 Å². The topological polar surface area (TPSA) is 99.7 Å². The van der Waals surface area contributed by atoms with Gasteiger partial charge in [0.2, 0.25) is 0 Å². The summed E-state index contributed by atoms with van der Waals surface area (Å²) in [4.78, 5) is 14.1. The van der Waals surface area contributed by atoms with Crippen molar-refractivity contribution < 1.29 is 19.5 Å². The monoisotopic (exact) mass is 367 g/mol. The molecule has 138 valence electrons. The molecule has 0 saturated carbocycles. The number of hydrogen-bond acceptors (Lipinski definition) is 6. The second kappa shape index (κ2) is 7.08. The molecule has 2 heterocycles. The van der Waals surface area contributed by atoms with Crippen LogP contribution in [0.2, 0.25) is 0 Å². The number of nitro groups is 1. The molecule has 0 unspecified atom stereocenters. The van der Waals surface area contributed by atoms with Gasteiger partial charge in [0.25, 0.3) is 0 Å². The van der Waals surface area contributed by atoms with Crippen molar-refractivity contribution in [3.8, 4) is 22.9 Å². The van der Waals surface area contributed by atoms with Crippen LogP contribution in [0.15, 0.2) is 54.7 Å². The van der Waals surface area contributed by atoms with E-state index in [1.165, 1.54) is 6.20 Å². The lowest BCUT2D eigenvalue weighted by molar-refractivity contribution is -0.389. The zero-order valence-corrected chi connectivity index (χ0v) is 14.3. The van der Waals surface area contributed by atoms with E-state index in [1.54, 1.807) is 22.8 Å². The molecule has 0 fully saturated rings. The number of phenols is 1. The quantitative estimate of drug-likeness (QED) is 0.549. The highest BCUT2D eigenvalue weighted by Gasteiger charge is 2.28. The predicted molar refractivity (Wildman–Crippen MR) is 96.5 cm³/mol. The van der Waals surface area contributed by atoms with Crippen molar-refractivity contribution in [3.63, 3.8) is 0 Å². The van der Waals surface area contributed by atoms with Gasteiger partial charge < -0.3 is 24.7 Å². The Labute approximate surface area is 154 Å². The van der Waals surface area contributed by atoms with Gasteiger partial charge in [-0.25, -0.2) is 0 Å². The van der Waals surface area contributed by atoms with E-state index in [4.69, 9.17) is 9.47 Å². The van der Waals surface area contributed by atoms with Crippen molar-refractivity contribution in [2.24, 2.45) is 0 Å². The molecule has 1 aliphatic heterocycles. The van der Waals surface area contributed by atoms with Crippen LogP contribution >= 0.6 is 0 Å². The van der Waals surface area contributed by atoms with Crippen LogP contribution in [-0.4, -0.2) is 32.3 Å². The van der Waals surface area contributed by atoms with Gasteiger partial charge in [0.1, 0.15) is 24.7 Å². The number of phenolic OH excluding ortho intramolecular Hbond substituents is 1. The molecule has 1 atom stereocenters. The second-order valence-corrected chi connectivity index (χ2v) is 6.28. The summed E-state index contributed by atoms with van der Waals surface area (Å²) < 4.78 is 12.9. The molecule has 3 aromatic rings. The van der Waals surface area contributed by atoms with Gasteiger partial charge in [0, 0.05) is 4.98 Å². The molecule has 1 N–H and O–H groups in total. The van der Waals surface area contributed by atoms with Gasteiger partial charge in [-0.1, -0.05) is 36.4 Å². The molecular formula is C19H17N3O5. The number of ether oxygens (including phenoxy) is 2. The third-order valence-electron chi connectivity index (χ3n) is 4.33. The second-order valence-electron chi connectivity index (χ2n) is 6.28. The number of benzene rings is 2. The maximum Gasteiger partial charge on any atom is 0.414 e. The third kappa shape index (κ3) is 3.75. The summed E-state index contributed by atoms with van der Waals surface area (Å²) in [5, 5.41) is 20.4. The van der Waals surface area contributed by atoms with Crippen LogP contribution in [-0.2, 0) is 17.9 Å². The number of rotatable bonds is 5. The molecule has 0 spiro atoms. The first-order valence-electron chi connectivity index (χ1n) is 8.43. The van der Waals surface area contributed by atoms with Crippen LogP contribution in [0, 0.1) is 10.1 Å². The Balaban J connectivity index is 1.37. The number of fused-ring (bicyclic) bond motifs is 1. The van der Waals surface area contributed by atoms with Gasteiger partial charge in [-0.05, 0) is 33.7 Å². The van der Waals surface area contributed by atoms with Crippen LogP contribution in [0.25, 0.3) is 11.1 Å². The maximum absolute atomic E-state index is 10.8. The van der Waals surface area contributed by atoms with Gasteiger partial charge >= 0.3 is 11.8 Å². The van der Waals surface area contributed by atoms with Gasteiger partial charge in [0.05, 0.1) is 13.2 Å². The van der Waals surface area contributed by atoms with Gasteiger partial charge in [-0.3, -0.25) is 4.57 Å². The van der Waals surface area contributed by atoms with Crippen molar-refractivity contribution in [2.45, 2.75) is 19.3 Å². The lowest BCUT2D eigenvalue weighted by Crippen LogP contribution is -2.32. The summed E-state index contributed by atoms with van der Waals surface area (Å²) >= 11 is 0. The summed E-state index contributed by atoms with van der Waals surface area (Å²) in [5.41, 5.74) is 2.95. The minimum atomic E-state index is -0.543. The summed E-state index contributed by atoms with van der Waals surface area (Å²) in [7, 11) is 0. The fourth-order valence-corrected chi connectivity index (χ4v) is 2.95. The average Bonchev–Trinajstić information content (AvgIpc) is 3.10. The first kappa shape index (κ1) is 17.0. The zero-order valence-electron chi connectivity index (χ0n) is 14.3. The van der Waals surface area contributed by atoms with Gasteiger partial charge in [0.15, 0.2) is 0 Å². The SMILES string of the molecule is O=[N+]([O-])c1cn2c(n1)OC[C@@H](OCc1ccc(-c3cccc(O)c3)cc1)C2. The Bertz CT molecular complexity index is 968. The fraction of sp³-hybridized carbons (Fsp3) is 0.211. The molecule has 0 radical (unpaired) electrons. The van der Waals surface area contributed by atoms with Crippen LogP contribution in [0.4, 0.5) is 5.82 Å². The standard InChI is InChI=1S/C19H17N3O5/c23-16-3-1-2-15(8-16)14-6-4-13(5-7-14)11-26-17-9-21-10-18(22(24)25)20-19(21)27-12-17/h1-8,10,17,23H,9,11-12H2/t17-/m0/s1. The smallest absolute Gasteiger partial charge is 0.414 e. The summed E-state index contributed by atoms with van der Waals surface area (Å²) in [6, 6.07) is 15.2. The Morgan fingerprint density at radius 2 is 2.07 bits per heavy atom. The van der Waals surface area contributed by atoms with Crippen LogP contribution < -0.4 is 4.74 Å². The lowest BCUT2D eigenvalue weighted by atomic mass is 10.0. The number of nitrogens with zero attached hydrogens (tertiary/aromatic N) is 3. The number of aromatic nitrogens is 2. The number of imidazole rings is 1. The lowest BCUT2D eigenvalue weighted by Gasteiger charge is -2.22. The predicted octanol–water partition coefficient (Wildman–Crippen LogP) is 3.14. The zero-order chi connectivity index (χ0) is 18.8. The van der Waals surface area contributed by atoms with E-state index in [0.717, 1.165) is 16.7 Å². The Kier molecular flexibility index (Phi) is 4.47. The molecule has 1 aliphatic rings. The van der Waals surface area contributed by atoms with E-state index >= 15 is 0 Å². The van der Waals surface area contributed by atoms with Crippen LogP contribution in [0.1, 0.15) is 5.56 Å². The van der Waals surface area contributed by atoms with E-state index in [0.29, 0.717) is 19.8 Å². The first-order chi connectivity index (χ1) is 13.1. The highest BCUT2D eigenvalue weighted by molar-refractivity contribution is 5.65. The van der Waals surface area contributed by atoms with Crippen molar-refractivity contribution in [1.82, 2.24) is 9.55 Å². The molecule has 27 heavy (non-hydrogen) atoms. The molecule has 0 aliphatic carbocycles. The van der Waals surface area contributed by atoms with Crippen LogP contribution in [0.5, 0.6) is 11.8 Å². The molecule has 0 amide bonds. The molecule has 8 nitrogen and oxygen atoms in total. The van der Waals surface area contributed by atoms with Crippen LogP contribution in [0.3, 0.4) is 0 Å². The first-order valence-corrected chi connectivity index (χ1v) is 8.43. The fourth-order valence-electron chi connectivity index (χ4n) is 2.95. The molecule has 0 bridgehead atoms. The van der Waals surface area contributed by atoms with Gasteiger partial charge in [-0.2, -0.15) is 0 Å². The minimum absolute atomic E-state index is 0.211. The Hall–Kier alpha value is -3.39. The summed E-state index contributed by atoms with van der Waals surface area (Å²) in [6.07, 6.45) is 1.15. The normalized spacial score (nSPS) is 15.8. The van der Waals surface area contributed by atoms with E-state index < -0.39 is 4.92 Å². The number of hydrogen-bond donors (Lipinski definition) is 1. The minimum Gasteiger partial charge on any atom is -0.508 e. The molecule has 0 saturated heterocycles. The van der Waals surface area contributed by atoms with Crippen molar-refractivity contribution in [1.29, 1.82) is 0 Å². The third-order valence-corrected chi connectivity index (χ3v) is 4.33. The summed E-state index contributed by atoms with van der Waals surface area (Å²) in [5.74, 6) is 0.00417. The molecule has 8 heteroatoms. The molecular weight excluding hydrogens is 350 g/mol. The molecule has 1 aromatic heterocycles. The number of aromatic hydroxyl groups is 1. The molecule has 4 rings (SSSR count). The van der Waals surface area contributed by atoms with Gasteiger partial charge in [-0.15, -0.1) is 0 Å². The Morgan fingerprint density at radius 3 is 2.81 bits per heavy atom. The highest BCUT2D eigenvalue weighted by atomic mass is 16.6. The van der Waals surface area contributed by atoms with Crippen molar-refractivity contribution >= 4 is 5.82 Å². The Morgan fingerprint density at radius 1 is 1.26 bits per heavy atom.